The molecule has 188 valence electrons. The average molecular weight is 539 g/mol. The summed E-state index contributed by atoms with van der Waals surface area (Å²) in [6, 6.07) is 39.8. The number of para-hydroxylation sites is 1. The minimum atomic E-state index is 0.901. The fourth-order valence-corrected chi connectivity index (χ4v) is 8.57. The molecule has 0 bridgehead atoms. The molecule has 0 aliphatic heterocycles. The van der Waals surface area contributed by atoms with Crippen molar-refractivity contribution >= 4 is 70.7 Å². The Bertz CT molecular complexity index is 2080. The molecule has 0 amide bonds. The van der Waals surface area contributed by atoms with Gasteiger partial charge in [0.1, 0.15) is 0 Å². The maximum absolute atomic E-state index is 6.60. The Morgan fingerprint density at radius 2 is 1.44 bits per heavy atom. The summed E-state index contributed by atoms with van der Waals surface area (Å²) in [5, 5.41) is 6.54. The summed E-state index contributed by atoms with van der Waals surface area (Å²) in [7, 11) is 0. The summed E-state index contributed by atoms with van der Waals surface area (Å²) < 4.78 is 3.76. The van der Waals surface area contributed by atoms with Gasteiger partial charge in [0, 0.05) is 53.3 Å². The number of nitrogens with zero attached hydrogens (tertiary/aromatic N) is 1. The van der Waals surface area contributed by atoms with E-state index in [-0.39, 0.29) is 0 Å². The SMILES string of the molecule is NC1=C(SCc2ccc(-n3c4ccccc4c4c5ccccc5ccc43)cc2)c2c(sc3ccccc23)CC1. The van der Waals surface area contributed by atoms with Gasteiger partial charge in [0.2, 0.25) is 0 Å². The van der Waals surface area contributed by atoms with E-state index < -0.39 is 0 Å². The highest BCUT2D eigenvalue weighted by atomic mass is 32.2. The lowest BCUT2D eigenvalue weighted by Gasteiger charge is -2.18. The second kappa shape index (κ2) is 9.04. The lowest BCUT2D eigenvalue weighted by Crippen LogP contribution is -2.08. The molecule has 1 aliphatic carbocycles. The molecule has 0 saturated heterocycles. The molecular formula is C35H26N2S2. The van der Waals surface area contributed by atoms with Crippen LogP contribution in [0.4, 0.5) is 0 Å². The van der Waals surface area contributed by atoms with Crippen molar-refractivity contribution in [3.63, 3.8) is 0 Å². The Morgan fingerprint density at radius 3 is 2.31 bits per heavy atom. The number of fused-ring (bicyclic) bond motifs is 8. The Labute approximate surface area is 235 Å². The molecular weight excluding hydrogens is 513 g/mol. The van der Waals surface area contributed by atoms with Crippen LogP contribution in [0.5, 0.6) is 0 Å². The van der Waals surface area contributed by atoms with Crippen molar-refractivity contribution in [3.8, 4) is 5.69 Å². The van der Waals surface area contributed by atoms with Crippen LogP contribution >= 0.6 is 23.1 Å². The van der Waals surface area contributed by atoms with Gasteiger partial charge >= 0.3 is 0 Å². The quantitative estimate of drug-likeness (QED) is 0.242. The molecule has 39 heavy (non-hydrogen) atoms. The molecule has 2 heterocycles. The number of aryl methyl sites for hydroxylation is 1. The molecule has 2 nitrogen and oxygen atoms in total. The number of thiophene rings is 1. The summed E-state index contributed by atoms with van der Waals surface area (Å²) in [6.07, 6.45) is 2.00. The van der Waals surface area contributed by atoms with Crippen LogP contribution in [0.1, 0.15) is 22.4 Å². The Kier molecular flexibility index (Phi) is 5.32. The van der Waals surface area contributed by atoms with Crippen molar-refractivity contribution in [3.05, 3.63) is 131 Å². The van der Waals surface area contributed by atoms with Gasteiger partial charge in [-0.2, -0.15) is 0 Å². The number of aromatic nitrogens is 1. The van der Waals surface area contributed by atoms with E-state index in [0.717, 1.165) is 24.3 Å². The molecule has 0 atom stereocenters. The van der Waals surface area contributed by atoms with Crippen LogP contribution in [0.2, 0.25) is 0 Å². The predicted molar refractivity (Wildman–Crippen MR) is 171 cm³/mol. The maximum atomic E-state index is 6.60. The molecule has 0 spiro atoms. The first-order valence-electron chi connectivity index (χ1n) is 13.4. The highest BCUT2D eigenvalue weighted by Gasteiger charge is 2.23. The normalized spacial score (nSPS) is 13.6. The number of hydrogen-bond donors (Lipinski definition) is 1. The van der Waals surface area contributed by atoms with E-state index in [1.165, 1.54) is 69.3 Å². The first kappa shape index (κ1) is 22.9. The van der Waals surface area contributed by atoms with Crippen molar-refractivity contribution in [1.29, 1.82) is 0 Å². The highest BCUT2D eigenvalue weighted by molar-refractivity contribution is 8.07. The smallest absolute Gasteiger partial charge is 0.0547 e. The zero-order valence-corrected chi connectivity index (χ0v) is 23.0. The maximum Gasteiger partial charge on any atom is 0.0547 e. The zero-order chi connectivity index (χ0) is 25.9. The first-order valence-corrected chi connectivity index (χ1v) is 15.2. The van der Waals surface area contributed by atoms with Gasteiger partial charge in [-0.05, 0) is 59.5 Å². The third-order valence-electron chi connectivity index (χ3n) is 7.95. The minimum absolute atomic E-state index is 0.901. The Hall–Kier alpha value is -3.99. The summed E-state index contributed by atoms with van der Waals surface area (Å²) in [5.41, 5.74) is 14.0. The molecule has 0 fully saturated rings. The van der Waals surface area contributed by atoms with E-state index in [4.69, 9.17) is 5.73 Å². The molecule has 1 aliphatic rings. The second-order valence-corrected chi connectivity index (χ2v) is 12.4. The van der Waals surface area contributed by atoms with E-state index in [1.54, 1.807) is 0 Å². The standard InChI is InChI=1S/C35H26N2S2/c36-28-18-20-32-34(27-10-4-6-12-31(27)39-32)35(28)38-21-22-13-16-24(17-14-22)37-29-11-5-3-9-26(29)33-25-8-2-1-7-23(25)15-19-30(33)37/h1-17,19H,18,20-21,36H2. The van der Waals surface area contributed by atoms with Crippen molar-refractivity contribution < 1.29 is 0 Å². The van der Waals surface area contributed by atoms with Gasteiger partial charge in [0.25, 0.3) is 0 Å². The molecule has 0 saturated carbocycles. The fraction of sp³-hybridized carbons (Fsp3) is 0.0857. The molecule has 2 aromatic heterocycles. The Morgan fingerprint density at radius 1 is 0.692 bits per heavy atom. The number of nitrogens with two attached hydrogens (primary N) is 1. The van der Waals surface area contributed by atoms with Gasteiger partial charge in [0.05, 0.1) is 11.0 Å². The van der Waals surface area contributed by atoms with Gasteiger partial charge in [0.15, 0.2) is 0 Å². The monoisotopic (exact) mass is 538 g/mol. The van der Waals surface area contributed by atoms with E-state index in [1.807, 2.05) is 23.1 Å². The lowest BCUT2D eigenvalue weighted by atomic mass is 10.0. The summed E-state index contributed by atoms with van der Waals surface area (Å²) >= 11 is 3.81. The van der Waals surface area contributed by atoms with Gasteiger partial charge < -0.3 is 10.3 Å². The van der Waals surface area contributed by atoms with Crippen LogP contribution in [0.15, 0.2) is 115 Å². The molecule has 7 aromatic rings. The molecule has 0 unspecified atom stereocenters. The molecule has 5 aromatic carbocycles. The van der Waals surface area contributed by atoms with Crippen LogP contribution in [-0.4, -0.2) is 4.57 Å². The molecule has 2 N–H and O–H groups in total. The van der Waals surface area contributed by atoms with E-state index in [0.29, 0.717) is 0 Å². The second-order valence-electron chi connectivity index (χ2n) is 10.2. The summed E-state index contributed by atoms with van der Waals surface area (Å²) in [5.74, 6) is 0.901. The predicted octanol–water partition coefficient (Wildman–Crippen LogP) is 9.66. The first-order chi connectivity index (χ1) is 19.3. The van der Waals surface area contributed by atoms with Crippen LogP contribution < -0.4 is 5.73 Å². The molecule has 8 rings (SSSR count). The highest BCUT2D eigenvalue weighted by Crippen LogP contribution is 2.46. The van der Waals surface area contributed by atoms with Gasteiger partial charge in [-0.25, -0.2) is 0 Å². The van der Waals surface area contributed by atoms with E-state index in [9.17, 15) is 0 Å². The topological polar surface area (TPSA) is 30.9 Å². The van der Waals surface area contributed by atoms with Crippen LogP contribution in [0, 0.1) is 0 Å². The summed E-state index contributed by atoms with van der Waals surface area (Å²) in [6.45, 7) is 0. The van der Waals surface area contributed by atoms with Gasteiger partial charge in [-0.1, -0.05) is 78.9 Å². The number of hydrogen-bond acceptors (Lipinski definition) is 3. The average Bonchev–Trinajstić information content (AvgIpc) is 3.53. The Balaban J connectivity index is 1.16. The number of allylic oxidation sites excluding steroid dienone is 1. The molecule has 4 heteroatoms. The van der Waals surface area contributed by atoms with Crippen LogP contribution in [-0.2, 0) is 12.2 Å². The minimum Gasteiger partial charge on any atom is -0.401 e. The van der Waals surface area contributed by atoms with Crippen molar-refractivity contribution in [2.45, 2.75) is 18.6 Å². The van der Waals surface area contributed by atoms with Crippen molar-refractivity contribution in [2.24, 2.45) is 5.73 Å². The third kappa shape index (κ3) is 3.63. The number of rotatable bonds is 4. The number of benzene rings is 5. The van der Waals surface area contributed by atoms with Gasteiger partial charge in [-0.15, -0.1) is 23.1 Å². The van der Waals surface area contributed by atoms with Crippen LogP contribution in [0.3, 0.4) is 0 Å². The van der Waals surface area contributed by atoms with Crippen LogP contribution in [0.25, 0.3) is 53.3 Å². The number of thioether (sulfide) groups is 1. The lowest BCUT2D eigenvalue weighted by molar-refractivity contribution is 0.932. The molecule has 0 radical (unpaired) electrons. The van der Waals surface area contributed by atoms with E-state index in [2.05, 4.69) is 114 Å². The van der Waals surface area contributed by atoms with E-state index >= 15 is 0 Å². The fourth-order valence-electron chi connectivity index (χ4n) is 6.12. The van der Waals surface area contributed by atoms with Crippen molar-refractivity contribution in [1.82, 2.24) is 4.57 Å². The van der Waals surface area contributed by atoms with Gasteiger partial charge in [-0.3, -0.25) is 0 Å². The zero-order valence-electron chi connectivity index (χ0n) is 21.4. The largest absolute Gasteiger partial charge is 0.401 e. The summed E-state index contributed by atoms with van der Waals surface area (Å²) in [4.78, 5) is 2.74. The van der Waals surface area contributed by atoms with Crippen molar-refractivity contribution in [2.75, 3.05) is 0 Å². The third-order valence-corrected chi connectivity index (χ3v) is 10.4.